The molecule has 28 heavy (non-hydrogen) atoms. The highest BCUT2D eigenvalue weighted by molar-refractivity contribution is 5.94. The van der Waals surface area contributed by atoms with Crippen LogP contribution in [-0.4, -0.2) is 53.0 Å². The van der Waals surface area contributed by atoms with Crippen molar-refractivity contribution in [1.82, 2.24) is 16.0 Å². The van der Waals surface area contributed by atoms with E-state index in [9.17, 15) is 19.2 Å². The van der Waals surface area contributed by atoms with E-state index in [4.69, 9.17) is 10.8 Å². The van der Waals surface area contributed by atoms with Crippen molar-refractivity contribution >= 4 is 23.7 Å². The zero-order chi connectivity index (χ0) is 22.2. The number of nitrogens with two attached hydrogens (primary N) is 1. The maximum Gasteiger partial charge on any atom is 0.325 e. The molecule has 0 aromatic carbocycles. The predicted molar refractivity (Wildman–Crippen MR) is 106 cm³/mol. The van der Waals surface area contributed by atoms with Crippen molar-refractivity contribution in [2.24, 2.45) is 23.5 Å². The molecule has 0 unspecified atom stereocenters. The number of nitrogens with one attached hydrogen (secondary N) is 3. The Hall–Kier alpha value is -2.16. The number of carbonyl (C=O) groups is 4. The van der Waals surface area contributed by atoms with Gasteiger partial charge in [0.15, 0.2) is 0 Å². The summed E-state index contributed by atoms with van der Waals surface area (Å²) in [5, 5.41) is 16.7. The first-order valence-electron chi connectivity index (χ1n) is 9.72. The second kappa shape index (κ2) is 11.6. The fourth-order valence-corrected chi connectivity index (χ4v) is 2.40. The van der Waals surface area contributed by atoms with Gasteiger partial charge in [0.25, 0.3) is 0 Å². The lowest BCUT2D eigenvalue weighted by Gasteiger charge is -2.29. The Balaban J connectivity index is 5.35. The predicted octanol–water partition coefficient (Wildman–Crippen LogP) is 0.231. The molecule has 6 N–H and O–H groups in total. The highest BCUT2D eigenvalue weighted by Crippen LogP contribution is 2.11. The molecule has 0 rings (SSSR count). The van der Waals surface area contributed by atoms with Crippen LogP contribution < -0.4 is 21.7 Å². The summed E-state index contributed by atoms with van der Waals surface area (Å²) in [6, 6.07) is -3.62. The molecule has 0 heterocycles. The number of hydrogen-bond donors (Lipinski definition) is 5. The number of hydrogen-bond acceptors (Lipinski definition) is 5. The van der Waals surface area contributed by atoms with E-state index in [2.05, 4.69) is 16.0 Å². The van der Waals surface area contributed by atoms with E-state index in [1.807, 2.05) is 20.8 Å². The molecule has 0 saturated carbocycles. The quantitative estimate of drug-likeness (QED) is 0.335. The van der Waals surface area contributed by atoms with Crippen LogP contribution in [-0.2, 0) is 19.2 Å². The van der Waals surface area contributed by atoms with Crippen LogP contribution in [0.3, 0.4) is 0 Å². The minimum atomic E-state index is -1.17. The molecule has 162 valence electrons. The van der Waals surface area contributed by atoms with Crippen LogP contribution in [0.4, 0.5) is 0 Å². The molecular weight excluding hydrogens is 364 g/mol. The van der Waals surface area contributed by atoms with Crippen molar-refractivity contribution in [2.75, 3.05) is 0 Å². The number of aliphatic carboxylic acids is 1. The lowest BCUT2D eigenvalue weighted by atomic mass is 9.96. The first-order valence-corrected chi connectivity index (χ1v) is 9.72. The lowest BCUT2D eigenvalue weighted by molar-refractivity contribution is -0.142. The van der Waals surface area contributed by atoms with Gasteiger partial charge in [0, 0.05) is 0 Å². The van der Waals surface area contributed by atoms with Crippen molar-refractivity contribution in [2.45, 2.75) is 79.1 Å². The van der Waals surface area contributed by atoms with Crippen LogP contribution in [0, 0.1) is 17.8 Å². The molecule has 0 aromatic rings. The van der Waals surface area contributed by atoms with E-state index >= 15 is 0 Å². The SMILES string of the molecule is CC[C@H](C)[C@H](NC(=O)[C@@H](NC(=O)[C@@H](N)C(C)C)C(C)C)C(=O)N[C@@H](C)C(=O)O. The molecule has 0 spiro atoms. The molecule has 0 aliphatic heterocycles. The Morgan fingerprint density at radius 1 is 0.786 bits per heavy atom. The molecule has 5 atom stereocenters. The summed E-state index contributed by atoms with van der Waals surface area (Å²) < 4.78 is 0. The van der Waals surface area contributed by atoms with Crippen LogP contribution >= 0.6 is 0 Å². The number of carbonyl (C=O) groups excluding carboxylic acids is 3. The maximum absolute atomic E-state index is 12.8. The topological polar surface area (TPSA) is 151 Å². The zero-order valence-corrected chi connectivity index (χ0v) is 17.9. The minimum Gasteiger partial charge on any atom is -0.480 e. The highest BCUT2D eigenvalue weighted by Gasteiger charge is 2.33. The summed E-state index contributed by atoms with van der Waals surface area (Å²) in [4.78, 5) is 48.6. The molecule has 9 nitrogen and oxygen atoms in total. The van der Waals surface area contributed by atoms with Crippen molar-refractivity contribution in [3.63, 3.8) is 0 Å². The minimum absolute atomic E-state index is 0.0907. The number of carboxylic acids is 1. The number of carboxylic acid groups (broad SMARTS) is 1. The van der Waals surface area contributed by atoms with E-state index < -0.39 is 47.9 Å². The fraction of sp³-hybridized carbons (Fsp3) is 0.789. The standard InChI is InChI=1S/C19H36N4O5/c1-8-11(6)15(18(26)21-12(7)19(27)28)23-17(25)14(10(4)5)22-16(24)13(20)9(2)3/h9-15H,8,20H2,1-7H3,(H,21,26)(H,22,24)(H,23,25)(H,27,28)/t11-,12-,13-,14-,15-/m0/s1. The van der Waals surface area contributed by atoms with Crippen LogP contribution in [0.2, 0.25) is 0 Å². The van der Waals surface area contributed by atoms with Crippen molar-refractivity contribution in [3.05, 3.63) is 0 Å². The van der Waals surface area contributed by atoms with Crippen molar-refractivity contribution in [3.8, 4) is 0 Å². The first-order chi connectivity index (χ1) is 12.8. The summed E-state index contributed by atoms with van der Waals surface area (Å²) in [5.41, 5.74) is 5.85. The Morgan fingerprint density at radius 3 is 1.64 bits per heavy atom. The van der Waals surface area contributed by atoms with Gasteiger partial charge < -0.3 is 26.8 Å². The molecule has 0 aromatic heterocycles. The molecular formula is C19H36N4O5. The molecule has 3 amide bonds. The number of amides is 3. The Bertz CT molecular complexity index is 565. The van der Waals surface area contributed by atoms with Gasteiger partial charge in [-0.15, -0.1) is 0 Å². The van der Waals surface area contributed by atoms with Gasteiger partial charge >= 0.3 is 5.97 Å². The van der Waals surface area contributed by atoms with Crippen molar-refractivity contribution < 1.29 is 24.3 Å². The summed E-state index contributed by atoms with van der Waals surface area (Å²) in [6.07, 6.45) is 0.594. The third-order valence-corrected chi connectivity index (χ3v) is 4.79. The monoisotopic (exact) mass is 400 g/mol. The van der Waals surface area contributed by atoms with Crippen LogP contribution in [0.5, 0.6) is 0 Å². The Labute approximate surface area is 167 Å². The van der Waals surface area contributed by atoms with Crippen LogP contribution in [0.15, 0.2) is 0 Å². The molecule has 0 saturated heterocycles. The molecule has 0 fully saturated rings. The van der Waals surface area contributed by atoms with Gasteiger partial charge in [-0.1, -0.05) is 48.0 Å². The Kier molecular flexibility index (Phi) is 10.7. The number of rotatable bonds is 11. The molecule has 0 bridgehead atoms. The lowest BCUT2D eigenvalue weighted by Crippen LogP contribution is -2.59. The first kappa shape index (κ1) is 25.8. The van der Waals surface area contributed by atoms with Crippen molar-refractivity contribution in [1.29, 1.82) is 0 Å². The molecule has 0 aliphatic carbocycles. The van der Waals surface area contributed by atoms with Gasteiger partial charge in [-0.05, 0) is 24.7 Å². The average Bonchev–Trinajstić information content (AvgIpc) is 2.61. The third kappa shape index (κ3) is 7.84. The van der Waals surface area contributed by atoms with Gasteiger partial charge in [0.2, 0.25) is 17.7 Å². The molecule has 0 radical (unpaired) electrons. The van der Waals surface area contributed by atoms with Gasteiger partial charge in [-0.3, -0.25) is 19.2 Å². The van der Waals surface area contributed by atoms with Crippen LogP contribution in [0.25, 0.3) is 0 Å². The van der Waals surface area contributed by atoms with Gasteiger partial charge in [0.1, 0.15) is 18.1 Å². The van der Waals surface area contributed by atoms with E-state index in [-0.39, 0.29) is 17.8 Å². The van der Waals surface area contributed by atoms with E-state index in [0.29, 0.717) is 6.42 Å². The molecule has 0 aliphatic rings. The largest absolute Gasteiger partial charge is 0.480 e. The smallest absolute Gasteiger partial charge is 0.325 e. The summed E-state index contributed by atoms with van der Waals surface area (Å²) in [5.74, 6) is -3.25. The summed E-state index contributed by atoms with van der Waals surface area (Å²) in [6.45, 7) is 12.2. The van der Waals surface area contributed by atoms with Gasteiger partial charge in [0.05, 0.1) is 6.04 Å². The normalized spacial score (nSPS) is 16.6. The summed E-state index contributed by atoms with van der Waals surface area (Å²) in [7, 11) is 0. The second-order valence-corrected chi connectivity index (χ2v) is 7.94. The van der Waals surface area contributed by atoms with Gasteiger partial charge in [-0.25, -0.2) is 0 Å². The second-order valence-electron chi connectivity index (χ2n) is 7.94. The average molecular weight is 401 g/mol. The third-order valence-electron chi connectivity index (χ3n) is 4.79. The van der Waals surface area contributed by atoms with Crippen LogP contribution in [0.1, 0.15) is 54.9 Å². The highest BCUT2D eigenvalue weighted by atomic mass is 16.4. The molecule has 9 heteroatoms. The van der Waals surface area contributed by atoms with E-state index in [1.54, 1.807) is 20.8 Å². The van der Waals surface area contributed by atoms with E-state index in [1.165, 1.54) is 6.92 Å². The zero-order valence-electron chi connectivity index (χ0n) is 17.9. The summed E-state index contributed by atoms with van der Waals surface area (Å²) >= 11 is 0. The Morgan fingerprint density at radius 2 is 1.25 bits per heavy atom. The van der Waals surface area contributed by atoms with Gasteiger partial charge in [-0.2, -0.15) is 0 Å². The van der Waals surface area contributed by atoms with E-state index in [0.717, 1.165) is 0 Å². The maximum atomic E-state index is 12.8. The fourth-order valence-electron chi connectivity index (χ4n) is 2.40.